The Balaban J connectivity index is 0.930. The van der Waals surface area contributed by atoms with E-state index >= 15 is 0 Å². The number of hydrogen-bond acceptors (Lipinski definition) is 15. The quantitative estimate of drug-likeness (QED) is 0.159. The van der Waals surface area contributed by atoms with E-state index in [0.717, 1.165) is 19.3 Å². The van der Waals surface area contributed by atoms with E-state index in [0.29, 0.717) is 44.0 Å². The van der Waals surface area contributed by atoms with Crippen LogP contribution in [0.25, 0.3) is 0 Å². The lowest BCUT2D eigenvalue weighted by molar-refractivity contribution is -0.363. The van der Waals surface area contributed by atoms with Crippen molar-refractivity contribution in [2.45, 2.75) is 158 Å². The summed E-state index contributed by atoms with van der Waals surface area (Å²) in [6.45, 7) is 7.68. The number of rotatable bonds is 6. The Morgan fingerprint density at radius 2 is 1.54 bits per heavy atom. The Labute approximate surface area is 315 Å². The van der Waals surface area contributed by atoms with Crippen LogP contribution in [0.15, 0.2) is 11.6 Å². The highest BCUT2D eigenvalue weighted by molar-refractivity contribution is 5.87. The average Bonchev–Trinajstić information content (AvgIpc) is 3.59. The molecule has 4 aliphatic heterocycles. The van der Waals surface area contributed by atoms with E-state index in [1.807, 2.05) is 6.92 Å². The van der Waals surface area contributed by atoms with Crippen LogP contribution < -0.4 is 0 Å². The lowest BCUT2D eigenvalue weighted by Gasteiger charge is -2.58. The number of allylic oxidation sites excluding steroid dienone is 1. The van der Waals surface area contributed by atoms with Crippen LogP contribution in [0.5, 0.6) is 0 Å². The zero-order chi connectivity index (χ0) is 38.6. The van der Waals surface area contributed by atoms with Gasteiger partial charge in [-0.3, -0.25) is 4.79 Å². The molecular formula is C39H60O15. The lowest BCUT2D eigenvalue weighted by atomic mass is 9.46. The summed E-state index contributed by atoms with van der Waals surface area (Å²) in [5, 5.41) is 83.5. The van der Waals surface area contributed by atoms with Crippen molar-refractivity contribution in [3.8, 4) is 0 Å². The maximum absolute atomic E-state index is 14.5. The molecular weight excluding hydrogens is 708 g/mol. The molecule has 1 spiro atoms. The van der Waals surface area contributed by atoms with E-state index < -0.39 is 91.9 Å². The Hall–Kier alpha value is -1.15. The van der Waals surface area contributed by atoms with Crippen molar-refractivity contribution in [3.63, 3.8) is 0 Å². The zero-order valence-electron chi connectivity index (χ0n) is 31.6. The SMILES string of the molecule is CC1COC2(CC1O)OC1CC3C4CC=C5CC(OC6OC(CO)C(OC7OC(CO)C(O)C(O)C7O)C(O)C6O)CCC5(C)C4CC(=O)C3(C)C1C2C. The second kappa shape index (κ2) is 14.3. The number of carbonyl (C=O) groups is 1. The molecule has 3 saturated carbocycles. The molecule has 4 saturated heterocycles. The molecule has 0 aromatic rings. The van der Waals surface area contributed by atoms with E-state index in [2.05, 4.69) is 26.8 Å². The standard InChI is InChI=1S/C39H60O15/c1-16-15-49-39(12-23(16)42)17(2)28-24(54-39)10-22-20-6-5-18-9-19(7-8-37(18,3)21(20)11-27(43)38(22,28)4)50-35-33(48)31(46)34(26(14-41)52-35)53-36-32(47)30(45)29(44)25(13-40)51-36/h5,16-17,19-26,28-36,40-42,44-48H,6-15H2,1-4H3. The third kappa shape index (κ3) is 5.94. The lowest BCUT2D eigenvalue weighted by Crippen LogP contribution is -2.65. The Morgan fingerprint density at radius 1 is 0.852 bits per heavy atom. The highest BCUT2D eigenvalue weighted by atomic mass is 16.7. The minimum Gasteiger partial charge on any atom is -0.394 e. The second-order valence-electron chi connectivity index (χ2n) is 18.3. The molecule has 0 aromatic heterocycles. The minimum atomic E-state index is -1.75. The van der Waals surface area contributed by atoms with E-state index in [-0.39, 0.29) is 47.2 Å². The van der Waals surface area contributed by atoms with Crippen LogP contribution >= 0.6 is 0 Å². The summed E-state index contributed by atoms with van der Waals surface area (Å²) in [6.07, 6.45) is -9.27. The van der Waals surface area contributed by atoms with E-state index in [4.69, 9.17) is 28.4 Å². The molecule has 8 aliphatic rings. The van der Waals surface area contributed by atoms with Gasteiger partial charge in [0.05, 0.1) is 38.1 Å². The van der Waals surface area contributed by atoms with E-state index in [9.17, 15) is 45.6 Å². The first kappa shape index (κ1) is 39.7. The topological polar surface area (TPSA) is 234 Å². The van der Waals surface area contributed by atoms with Gasteiger partial charge in [0.25, 0.3) is 0 Å². The summed E-state index contributed by atoms with van der Waals surface area (Å²) >= 11 is 0. The fourth-order valence-corrected chi connectivity index (χ4v) is 12.3. The molecule has 22 unspecified atom stereocenters. The van der Waals surface area contributed by atoms with Crippen molar-refractivity contribution in [3.05, 3.63) is 11.6 Å². The van der Waals surface area contributed by atoms with Crippen molar-refractivity contribution < 1.29 is 74.1 Å². The molecule has 4 heterocycles. The molecule has 7 fully saturated rings. The highest BCUT2D eigenvalue weighted by Gasteiger charge is 2.72. The molecule has 15 nitrogen and oxygen atoms in total. The largest absolute Gasteiger partial charge is 0.394 e. The molecule has 306 valence electrons. The van der Waals surface area contributed by atoms with Gasteiger partial charge in [0, 0.05) is 36.0 Å². The fraction of sp³-hybridized carbons (Fsp3) is 0.923. The van der Waals surface area contributed by atoms with Crippen molar-refractivity contribution in [1.29, 1.82) is 0 Å². The number of Topliss-reactive ketones (excluding diaryl/α,β-unsaturated/α-hetero) is 1. The number of ether oxygens (including phenoxy) is 6. The zero-order valence-corrected chi connectivity index (χ0v) is 31.6. The molecule has 0 amide bonds. The number of aliphatic hydroxyl groups excluding tert-OH is 8. The fourth-order valence-electron chi connectivity index (χ4n) is 12.3. The van der Waals surface area contributed by atoms with Gasteiger partial charge in [0.2, 0.25) is 0 Å². The van der Waals surface area contributed by atoms with Crippen LogP contribution in [0, 0.1) is 46.3 Å². The monoisotopic (exact) mass is 768 g/mol. The molecule has 0 radical (unpaired) electrons. The first-order valence-corrected chi connectivity index (χ1v) is 20.0. The van der Waals surface area contributed by atoms with Gasteiger partial charge >= 0.3 is 0 Å². The molecule has 15 heteroatoms. The third-order valence-electron chi connectivity index (χ3n) is 15.6. The van der Waals surface area contributed by atoms with Crippen LogP contribution in [-0.2, 0) is 33.2 Å². The van der Waals surface area contributed by atoms with Gasteiger partial charge in [0.1, 0.15) is 54.6 Å². The van der Waals surface area contributed by atoms with Crippen molar-refractivity contribution in [2.75, 3.05) is 19.8 Å². The molecule has 8 N–H and O–H groups in total. The smallest absolute Gasteiger partial charge is 0.187 e. The Morgan fingerprint density at radius 3 is 2.24 bits per heavy atom. The van der Waals surface area contributed by atoms with Gasteiger partial charge in [0.15, 0.2) is 18.4 Å². The molecule has 0 bridgehead atoms. The maximum Gasteiger partial charge on any atom is 0.187 e. The van der Waals surface area contributed by atoms with Crippen LogP contribution in [0.1, 0.15) is 72.6 Å². The molecule has 8 rings (SSSR count). The number of aliphatic hydroxyl groups is 8. The van der Waals surface area contributed by atoms with Crippen LogP contribution in [-0.4, -0.2) is 152 Å². The Bertz CT molecular complexity index is 1440. The van der Waals surface area contributed by atoms with E-state index in [1.165, 1.54) is 5.57 Å². The van der Waals surface area contributed by atoms with Crippen molar-refractivity contribution in [2.24, 2.45) is 46.3 Å². The van der Waals surface area contributed by atoms with Crippen LogP contribution in [0.2, 0.25) is 0 Å². The average molecular weight is 769 g/mol. The summed E-state index contributed by atoms with van der Waals surface area (Å²) in [4.78, 5) is 14.5. The van der Waals surface area contributed by atoms with Crippen molar-refractivity contribution in [1.82, 2.24) is 0 Å². The minimum absolute atomic E-state index is 0.0195. The van der Waals surface area contributed by atoms with Crippen LogP contribution in [0.4, 0.5) is 0 Å². The van der Waals surface area contributed by atoms with Crippen LogP contribution in [0.3, 0.4) is 0 Å². The molecule has 4 aliphatic carbocycles. The van der Waals surface area contributed by atoms with E-state index in [1.54, 1.807) is 0 Å². The summed E-state index contributed by atoms with van der Waals surface area (Å²) in [7, 11) is 0. The predicted octanol–water partition coefficient (Wildman–Crippen LogP) is -0.488. The first-order valence-electron chi connectivity index (χ1n) is 20.0. The highest BCUT2D eigenvalue weighted by Crippen LogP contribution is 2.69. The number of hydrogen-bond donors (Lipinski definition) is 8. The maximum atomic E-state index is 14.5. The second-order valence-corrected chi connectivity index (χ2v) is 18.3. The molecule has 22 atom stereocenters. The first-order chi connectivity index (χ1) is 25.6. The number of ketones is 1. The predicted molar refractivity (Wildman–Crippen MR) is 185 cm³/mol. The molecule has 0 aromatic carbocycles. The van der Waals surface area contributed by atoms with Gasteiger partial charge in [-0.25, -0.2) is 0 Å². The van der Waals surface area contributed by atoms with Gasteiger partial charge in [-0.1, -0.05) is 39.3 Å². The van der Waals surface area contributed by atoms with Gasteiger partial charge < -0.3 is 69.3 Å². The number of fused-ring (bicyclic) bond motifs is 7. The number of carbonyl (C=O) groups excluding carboxylic acids is 1. The summed E-state index contributed by atoms with van der Waals surface area (Å²) in [5.41, 5.74) is 0.462. The van der Waals surface area contributed by atoms with Gasteiger partial charge in [-0.2, -0.15) is 0 Å². The molecule has 54 heavy (non-hydrogen) atoms. The van der Waals surface area contributed by atoms with Crippen molar-refractivity contribution >= 4 is 5.78 Å². The summed E-state index contributed by atoms with van der Waals surface area (Å²) in [5.74, 6) is 0.156. The Kier molecular flexibility index (Phi) is 10.5. The normalized spacial score (nSPS) is 57.2. The van der Waals surface area contributed by atoms with Gasteiger partial charge in [-0.15, -0.1) is 0 Å². The summed E-state index contributed by atoms with van der Waals surface area (Å²) in [6, 6.07) is 0. The summed E-state index contributed by atoms with van der Waals surface area (Å²) < 4.78 is 36.4. The van der Waals surface area contributed by atoms with Gasteiger partial charge in [-0.05, 0) is 55.3 Å². The third-order valence-corrected chi connectivity index (χ3v) is 15.6.